The van der Waals surface area contributed by atoms with Crippen molar-refractivity contribution in [2.24, 2.45) is 5.73 Å². The van der Waals surface area contributed by atoms with Crippen LogP contribution in [0, 0.1) is 18.6 Å². The van der Waals surface area contributed by atoms with E-state index in [1.54, 1.807) is 0 Å². The number of hydrogen-bond donors (Lipinski definition) is 1. The monoisotopic (exact) mass is 312 g/mol. The first-order valence-corrected chi connectivity index (χ1v) is 7.36. The number of halogens is 2. The highest BCUT2D eigenvalue weighted by Crippen LogP contribution is 2.26. The first kappa shape index (κ1) is 15.8. The van der Waals surface area contributed by atoms with Gasteiger partial charge in [0, 0.05) is 6.04 Å². The Bertz CT molecular complexity index is 571. The highest BCUT2D eigenvalue weighted by Gasteiger charge is 2.31. The molecule has 0 bridgehead atoms. The minimum Gasteiger partial charge on any atom is -0.392 e. The molecule has 6 heteroatoms. The molecule has 2 rings (SSSR count). The van der Waals surface area contributed by atoms with Gasteiger partial charge in [0.2, 0.25) is 0 Å². The molecule has 0 heterocycles. The fourth-order valence-electron chi connectivity index (χ4n) is 2.75. The number of aryl methyl sites for hydroxylation is 1. The van der Waals surface area contributed by atoms with E-state index in [1.807, 2.05) is 0 Å². The van der Waals surface area contributed by atoms with E-state index < -0.39 is 23.1 Å². The topological polar surface area (TPSA) is 46.3 Å². The van der Waals surface area contributed by atoms with Gasteiger partial charge in [0.15, 0.2) is 0 Å². The molecule has 1 fully saturated rings. The van der Waals surface area contributed by atoms with Gasteiger partial charge in [-0.1, -0.05) is 31.1 Å². The number of thiocarbonyl (C=S) groups is 1. The molecule has 0 saturated heterocycles. The SMILES string of the molecule is Cc1ccc(F)c(C(=O)N(CC(N)=S)C2CCCC2)c1F. The first-order chi connectivity index (χ1) is 9.91. The molecule has 1 saturated carbocycles. The zero-order valence-electron chi connectivity index (χ0n) is 11.9. The van der Waals surface area contributed by atoms with Gasteiger partial charge in [-0.05, 0) is 31.4 Å². The number of benzene rings is 1. The summed E-state index contributed by atoms with van der Waals surface area (Å²) in [5.41, 5.74) is 5.25. The number of carbonyl (C=O) groups is 1. The molecule has 0 aliphatic heterocycles. The van der Waals surface area contributed by atoms with Crippen molar-refractivity contribution in [2.75, 3.05) is 6.54 Å². The standard InChI is InChI=1S/C15H18F2N2OS/c1-9-6-7-11(16)13(14(9)17)15(20)19(8-12(18)21)10-4-2-3-5-10/h6-7,10H,2-5,8H2,1H3,(H2,18,21). The Balaban J connectivity index is 2.38. The predicted molar refractivity (Wildman–Crippen MR) is 81.2 cm³/mol. The summed E-state index contributed by atoms with van der Waals surface area (Å²) in [5, 5.41) is 0. The number of nitrogens with zero attached hydrogens (tertiary/aromatic N) is 1. The van der Waals surface area contributed by atoms with Crippen LogP contribution in [0.15, 0.2) is 12.1 Å². The lowest BCUT2D eigenvalue weighted by Crippen LogP contribution is -2.44. The zero-order chi connectivity index (χ0) is 15.6. The average molecular weight is 312 g/mol. The fourth-order valence-corrected chi connectivity index (χ4v) is 2.89. The highest BCUT2D eigenvalue weighted by atomic mass is 32.1. The molecule has 1 aliphatic carbocycles. The minimum atomic E-state index is -0.853. The smallest absolute Gasteiger partial charge is 0.260 e. The summed E-state index contributed by atoms with van der Waals surface area (Å²) in [4.78, 5) is 14.1. The van der Waals surface area contributed by atoms with Gasteiger partial charge in [-0.2, -0.15) is 0 Å². The van der Waals surface area contributed by atoms with E-state index in [9.17, 15) is 13.6 Å². The van der Waals surface area contributed by atoms with Crippen molar-refractivity contribution in [1.82, 2.24) is 4.90 Å². The van der Waals surface area contributed by atoms with E-state index in [2.05, 4.69) is 0 Å². The summed E-state index contributed by atoms with van der Waals surface area (Å²) in [6.07, 6.45) is 3.60. The first-order valence-electron chi connectivity index (χ1n) is 6.95. The van der Waals surface area contributed by atoms with Crippen LogP contribution in [0.4, 0.5) is 8.78 Å². The lowest BCUT2D eigenvalue weighted by Gasteiger charge is -2.29. The molecule has 0 atom stereocenters. The normalized spacial score (nSPS) is 15.2. The van der Waals surface area contributed by atoms with Gasteiger partial charge in [-0.25, -0.2) is 8.78 Å². The van der Waals surface area contributed by atoms with Crippen LogP contribution in [0.1, 0.15) is 41.6 Å². The molecular weight excluding hydrogens is 294 g/mol. The Morgan fingerprint density at radius 1 is 1.38 bits per heavy atom. The number of nitrogens with two attached hydrogens (primary N) is 1. The Hall–Kier alpha value is -1.56. The highest BCUT2D eigenvalue weighted by molar-refractivity contribution is 7.80. The van der Waals surface area contributed by atoms with E-state index in [4.69, 9.17) is 18.0 Å². The van der Waals surface area contributed by atoms with Gasteiger partial charge < -0.3 is 10.6 Å². The second-order valence-corrected chi connectivity index (χ2v) is 5.92. The maximum atomic E-state index is 14.1. The molecule has 1 aromatic carbocycles. The molecule has 0 unspecified atom stereocenters. The van der Waals surface area contributed by atoms with Crippen molar-refractivity contribution in [3.63, 3.8) is 0 Å². The molecule has 1 aliphatic rings. The second kappa shape index (κ2) is 6.47. The van der Waals surface area contributed by atoms with E-state index >= 15 is 0 Å². The van der Waals surface area contributed by atoms with Crippen molar-refractivity contribution < 1.29 is 13.6 Å². The third-order valence-electron chi connectivity index (χ3n) is 3.85. The van der Waals surface area contributed by atoms with Crippen molar-refractivity contribution in [1.29, 1.82) is 0 Å². The van der Waals surface area contributed by atoms with Crippen molar-refractivity contribution >= 4 is 23.1 Å². The summed E-state index contributed by atoms with van der Waals surface area (Å²) in [6.45, 7) is 1.55. The summed E-state index contributed by atoms with van der Waals surface area (Å²) in [6, 6.07) is 2.37. The lowest BCUT2D eigenvalue weighted by atomic mass is 10.1. The van der Waals surface area contributed by atoms with E-state index in [0.717, 1.165) is 31.7 Å². The van der Waals surface area contributed by atoms with Crippen LogP contribution in [0.2, 0.25) is 0 Å². The average Bonchev–Trinajstić information content (AvgIpc) is 2.94. The summed E-state index contributed by atoms with van der Waals surface area (Å²) in [7, 11) is 0. The molecule has 1 aromatic rings. The fraction of sp³-hybridized carbons (Fsp3) is 0.467. The predicted octanol–water partition coefficient (Wildman–Crippen LogP) is 2.94. The third kappa shape index (κ3) is 3.37. The molecule has 3 nitrogen and oxygen atoms in total. The molecule has 1 amide bonds. The third-order valence-corrected chi connectivity index (χ3v) is 3.98. The summed E-state index contributed by atoms with van der Waals surface area (Å²) >= 11 is 4.86. The number of hydrogen-bond acceptors (Lipinski definition) is 2. The molecule has 114 valence electrons. The quantitative estimate of drug-likeness (QED) is 0.870. The molecule has 0 radical (unpaired) electrons. The van der Waals surface area contributed by atoms with Gasteiger partial charge in [-0.15, -0.1) is 0 Å². The lowest BCUT2D eigenvalue weighted by molar-refractivity contribution is 0.0704. The van der Waals surface area contributed by atoms with Crippen LogP contribution in [-0.2, 0) is 0 Å². The van der Waals surface area contributed by atoms with Gasteiger partial charge in [-0.3, -0.25) is 4.79 Å². The van der Waals surface area contributed by atoms with Gasteiger partial charge >= 0.3 is 0 Å². The van der Waals surface area contributed by atoms with Crippen LogP contribution in [0.5, 0.6) is 0 Å². The van der Waals surface area contributed by atoms with Crippen LogP contribution in [-0.4, -0.2) is 28.4 Å². The Morgan fingerprint density at radius 2 is 2.00 bits per heavy atom. The van der Waals surface area contributed by atoms with Crippen molar-refractivity contribution in [3.05, 3.63) is 34.9 Å². The largest absolute Gasteiger partial charge is 0.392 e. The van der Waals surface area contributed by atoms with Gasteiger partial charge in [0.05, 0.1) is 11.5 Å². The Kier molecular flexibility index (Phi) is 4.88. The van der Waals surface area contributed by atoms with Crippen LogP contribution >= 0.6 is 12.2 Å². The van der Waals surface area contributed by atoms with Crippen LogP contribution in [0.25, 0.3) is 0 Å². The van der Waals surface area contributed by atoms with E-state index in [-0.39, 0.29) is 23.1 Å². The Morgan fingerprint density at radius 3 is 2.57 bits per heavy atom. The number of carbonyl (C=O) groups excluding carboxylic acids is 1. The molecule has 2 N–H and O–H groups in total. The number of amides is 1. The van der Waals surface area contributed by atoms with Crippen molar-refractivity contribution in [2.45, 2.75) is 38.6 Å². The maximum Gasteiger partial charge on any atom is 0.260 e. The minimum absolute atomic E-state index is 0.0473. The van der Waals surface area contributed by atoms with E-state index in [0.29, 0.717) is 0 Å². The van der Waals surface area contributed by atoms with Gasteiger partial charge in [0.1, 0.15) is 17.2 Å². The summed E-state index contributed by atoms with van der Waals surface area (Å²) < 4.78 is 28.1. The zero-order valence-corrected chi connectivity index (χ0v) is 12.7. The van der Waals surface area contributed by atoms with Crippen LogP contribution < -0.4 is 5.73 Å². The second-order valence-electron chi connectivity index (χ2n) is 5.39. The van der Waals surface area contributed by atoms with Crippen molar-refractivity contribution in [3.8, 4) is 0 Å². The Labute approximate surface area is 128 Å². The molecule has 0 spiro atoms. The number of rotatable bonds is 4. The van der Waals surface area contributed by atoms with Gasteiger partial charge in [0.25, 0.3) is 5.91 Å². The van der Waals surface area contributed by atoms with E-state index in [1.165, 1.54) is 17.9 Å². The summed E-state index contributed by atoms with van der Waals surface area (Å²) in [5.74, 6) is -2.34. The van der Waals surface area contributed by atoms with Crippen LogP contribution in [0.3, 0.4) is 0 Å². The molecule has 0 aromatic heterocycles. The molecular formula is C15H18F2N2OS. The maximum absolute atomic E-state index is 14.1. The molecule has 21 heavy (non-hydrogen) atoms.